The Bertz CT molecular complexity index is 802. The summed E-state index contributed by atoms with van der Waals surface area (Å²) in [7, 11) is 0. The van der Waals surface area contributed by atoms with Crippen LogP contribution in [0.1, 0.15) is 16.7 Å². The first-order valence-electron chi connectivity index (χ1n) is 8.77. The van der Waals surface area contributed by atoms with Gasteiger partial charge in [-0.3, -0.25) is 0 Å². The van der Waals surface area contributed by atoms with Gasteiger partial charge in [0.2, 0.25) is 0 Å². The maximum absolute atomic E-state index is 15.4. The van der Waals surface area contributed by atoms with Crippen LogP contribution in [0.25, 0.3) is 0 Å². The SMILES string of the molecule is OCC(O)C1OC(O)(C(F)(F)c2ccccc2Cc2ccccc2)[C@H](O)[C@H]1O. The van der Waals surface area contributed by atoms with Gasteiger partial charge in [0, 0.05) is 5.56 Å². The molecule has 0 spiro atoms. The maximum Gasteiger partial charge on any atom is 0.328 e. The summed E-state index contributed by atoms with van der Waals surface area (Å²) >= 11 is 0. The lowest BCUT2D eigenvalue weighted by Gasteiger charge is -2.35. The van der Waals surface area contributed by atoms with Crippen molar-refractivity contribution in [2.45, 2.75) is 42.5 Å². The Morgan fingerprint density at radius 3 is 2.29 bits per heavy atom. The summed E-state index contributed by atoms with van der Waals surface area (Å²) in [5.74, 6) is -7.61. The number of ether oxygens (including phenoxy) is 1. The van der Waals surface area contributed by atoms with Crippen LogP contribution in [0, 0.1) is 0 Å². The van der Waals surface area contributed by atoms with Gasteiger partial charge in [-0.15, -0.1) is 0 Å². The van der Waals surface area contributed by atoms with Crippen LogP contribution in [0.4, 0.5) is 8.78 Å². The maximum atomic E-state index is 15.4. The Kier molecular flexibility index (Phi) is 5.81. The summed E-state index contributed by atoms with van der Waals surface area (Å²) in [4.78, 5) is 0. The second-order valence-corrected chi connectivity index (χ2v) is 6.86. The molecule has 8 heteroatoms. The number of benzene rings is 2. The van der Waals surface area contributed by atoms with Gasteiger partial charge in [0.05, 0.1) is 6.61 Å². The smallest absolute Gasteiger partial charge is 0.328 e. The van der Waals surface area contributed by atoms with Gasteiger partial charge in [0.1, 0.15) is 24.4 Å². The number of hydrogen-bond acceptors (Lipinski definition) is 6. The topological polar surface area (TPSA) is 110 Å². The molecule has 0 radical (unpaired) electrons. The second-order valence-electron chi connectivity index (χ2n) is 6.86. The van der Waals surface area contributed by atoms with Crippen LogP contribution in [-0.4, -0.2) is 62.3 Å². The summed E-state index contributed by atoms with van der Waals surface area (Å²) in [6.07, 6.45) is -7.81. The molecule has 28 heavy (non-hydrogen) atoms. The molecule has 0 bridgehead atoms. The fourth-order valence-corrected chi connectivity index (χ4v) is 3.42. The molecule has 3 unspecified atom stereocenters. The van der Waals surface area contributed by atoms with Gasteiger partial charge >= 0.3 is 5.92 Å². The molecule has 3 rings (SSSR count). The van der Waals surface area contributed by atoms with Crippen molar-refractivity contribution in [1.82, 2.24) is 0 Å². The summed E-state index contributed by atoms with van der Waals surface area (Å²) in [5.41, 5.74) is 0.384. The Morgan fingerprint density at radius 1 is 1.04 bits per heavy atom. The monoisotopic (exact) mass is 396 g/mol. The number of aliphatic hydroxyl groups excluding tert-OH is 4. The van der Waals surface area contributed by atoms with Gasteiger partial charge in [0.25, 0.3) is 5.79 Å². The number of aliphatic hydroxyl groups is 5. The van der Waals surface area contributed by atoms with E-state index in [0.29, 0.717) is 0 Å². The molecule has 1 aliphatic rings. The van der Waals surface area contributed by atoms with Crippen molar-refractivity contribution in [3.8, 4) is 0 Å². The Balaban J connectivity index is 1.99. The Hall–Kier alpha value is -1.94. The Morgan fingerprint density at radius 2 is 1.64 bits per heavy atom. The zero-order valence-electron chi connectivity index (χ0n) is 14.8. The standard InChI is InChI=1S/C20H22F2O6/c21-19(22,20(27)18(26)16(25)17(28-20)15(24)11-23)14-9-5-4-8-13(14)10-12-6-2-1-3-7-12/h1-9,15-18,23-27H,10-11H2/t15?,16-,17?,18+,20?/m0/s1. The lowest BCUT2D eigenvalue weighted by atomic mass is 9.89. The zero-order valence-corrected chi connectivity index (χ0v) is 14.8. The number of halogens is 2. The zero-order chi connectivity index (χ0) is 20.5. The van der Waals surface area contributed by atoms with Crippen LogP contribution < -0.4 is 0 Å². The van der Waals surface area contributed by atoms with Crippen molar-refractivity contribution in [3.05, 3.63) is 71.3 Å². The van der Waals surface area contributed by atoms with Gasteiger partial charge < -0.3 is 30.3 Å². The molecule has 0 saturated carbocycles. The molecule has 0 aromatic heterocycles. The van der Waals surface area contributed by atoms with Crippen LogP contribution in [0.5, 0.6) is 0 Å². The van der Waals surface area contributed by atoms with E-state index in [-0.39, 0.29) is 12.0 Å². The highest BCUT2D eigenvalue weighted by atomic mass is 19.3. The van der Waals surface area contributed by atoms with E-state index in [2.05, 4.69) is 0 Å². The molecule has 2 aromatic carbocycles. The molecular weight excluding hydrogens is 374 g/mol. The van der Waals surface area contributed by atoms with Crippen molar-refractivity contribution in [2.75, 3.05) is 6.61 Å². The minimum absolute atomic E-state index is 0.143. The van der Waals surface area contributed by atoms with Gasteiger partial charge in [-0.1, -0.05) is 54.6 Å². The number of hydrogen-bond donors (Lipinski definition) is 5. The molecular formula is C20H22F2O6. The predicted molar refractivity (Wildman–Crippen MR) is 94.5 cm³/mol. The van der Waals surface area contributed by atoms with Gasteiger partial charge in [-0.05, 0) is 17.5 Å². The third kappa shape index (κ3) is 3.43. The molecule has 0 aliphatic carbocycles. The minimum Gasteiger partial charge on any atom is -0.394 e. The van der Waals surface area contributed by atoms with Crippen LogP contribution in [0.3, 0.4) is 0 Å². The molecule has 5 N–H and O–H groups in total. The average Bonchev–Trinajstić information content (AvgIpc) is 2.94. The average molecular weight is 396 g/mol. The fraction of sp³-hybridized carbons (Fsp3) is 0.400. The van der Waals surface area contributed by atoms with Crippen molar-refractivity contribution in [1.29, 1.82) is 0 Å². The van der Waals surface area contributed by atoms with Crippen molar-refractivity contribution >= 4 is 0 Å². The third-order valence-corrected chi connectivity index (χ3v) is 4.99. The highest BCUT2D eigenvalue weighted by Crippen LogP contribution is 2.48. The number of alkyl halides is 2. The van der Waals surface area contributed by atoms with Gasteiger partial charge in [-0.2, -0.15) is 8.78 Å². The van der Waals surface area contributed by atoms with Crippen molar-refractivity contribution in [3.63, 3.8) is 0 Å². The molecule has 1 aliphatic heterocycles. The fourth-order valence-electron chi connectivity index (χ4n) is 3.42. The van der Waals surface area contributed by atoms with E-state index < -0.39 is 48.3 Å². The molecule has 2 aromatic rings. The molecule has 1 heterocycles. The first kappa shape index (κ1) is 20.8. The lowest BCUT2D eigenvalue weighted by Crippen LogP contribution is -2.55. The predicted octanol–water partition coefficient (Wildman–Crippen LogP) is 0.532. The van der Waals surface area contributed by atoms with Crippen molar-refractivity contribution in [2.24, 2.45) is 0 Å². The summed E-state index contributed by atoms with van der Waals surface area (Å²) < 4.78 is 35.6. The highest BCUT2D eigenvalue weighted by molar-refractivity contribution is 5.37. The van der Waals surface area contributed by atoms with Crippen LogP contribution >= 0.6 is 0 Å². The van der Waals surface area contributed by atoms with Gasteiger partial charge in [-0.25, -0.2) is 0 Å². The summed E-state index contributed by atoms with van der Waals surface area (Å²) in [5, 5.41) is 49.3. The molecule has 152 valence electrons. The van der Waals surface area contributed by atoms with E-state index in [1.807, 2.05) is 0 Å². The van der Waals surface area contributed by atoms with Gasteiger partial charge in [0.15, 0.2) is 0 Å². The second kappa shape index (κ2) is 7.82. The number of rotatable bonds is 6. The minimum atomic E-state index is -4.12. The van der Waals surface area contributed by atoms with E-state index in [0.717, 1.165) is 11.6 Å². The lowest BCUT2D eigenvalue weighted by molar-refractivity contribution is -0.344. The largest absolute Gasteiger partial charge is 0.394 e. The van der Waals surface area contributed by atoms with E-state index in [1.165, 1.54) is 12.1 Å². The van der Waals surface area contributed by atoms with E-state index in [4.69, 9.17) is 9.84 Å². The normalized spacial score (nSPS) is 29.0. The quantitative estimate of drug-likeness (QED) is 0.487. The van der Waals surface area contributed by atoms with Crippen LogP contribution in [-0.2, 0) is 17.1 Å². The van der Waals surface area contributed by atoms with Crippen LogP contribution in [0.2, 0.25) is 0 Å². The highest BCUT2D eigenvalue weighted by Gasteiger charge is 2.68. The molecule has 1 saturated heterocycles. The molecule has 0 amide bonds. The van der Waals surface area contributed by atoms with E-state index >= 15 is 8.78 Å². The van der Waals surface area contributed by atoms with E-state index in [9.17, 15) is 20.4 Å². The third-order valence-electron chi connectivity index (χ3n) is 4.99. The first-order valence-corrected chi connectivity index (χ1v) is 8.77. The Labute approximate surface area is 160 Å². The summed E-state index contributed by atoms with van der Waals surface area (Å²) in [6, 6.07) is 14.4. The molecule has 5 atom stereocenters. The molecule has 6 nitrogen and oxygen atoms in total. The summed E-state index contributed by atoms with van der Waals surface area (Å²) in [6.45, 7) is -0.902. The first-order chi connectivity index (χ1) is 13.2. The van der Waals surface area contributed by atoms with E-state index in [1.54, 1.807) is 36.4 Å². The van der Waals surface area contributed by atoms with Crippen LogP contribution in [0.15, 0.2) is 54.6 Å². The van der Waals surface area contributed by atoms with Crippen molar-refractivity contribution < 1.29 is 39.1 Å². The molecule has 1 fully saturated rings.